The predicted octanol–water partition coefficient (Wildman–Crippen LogP) is 5.13. The Balaban J connectivity index is 1.44. The molecule has 1 unspecified atom stereocenters. The van der Waals surface area contributed by atoms with Gasteiger partial charge >= 0.3 is 6.03 Å². The zero-order valence-electron chi connectivity index (χ0n) is 20.7. The Bertz CT molecular complexity index is 1360. The maximum absolute atomic E-state index is 12.6. The molecule has 0 aliphatic rings. The third kappa shape index (κ3) is 5.75. The molecule has 0 aliphatic carbocycles. The fourth-order valence-electron chi connectivity index (χ4n) is 3.76. The van der Waals surface area contributed by atoms with Crippen molar-refractivity contribution in [3.05, 3.63) is 81.9 Å². The van der Waals surface area contributed by atoms with Crippen molar-refractivity contribution in [3.8, 4) is 17.1 Å². The molecule has 1 atom stereocenters. The van der Waals surface area contributed by atoms with E-state index < -0.39 is 6.03 Å². The quantitative estimate of drug-likeness (QED) is 0.353. The maximum Gasteiger partial charge on any atom is 0.357 e. The smallest absolute Gasteiger partial charge is 0.292 e. The van der Waals surface area contributed by atoms with Crippen LogP contribution in [-0.2, 0) is 6.54 Å². The molecule has 4 rings (SSSR count). The average Bonchev–Trinajstić information content (AvgIpc) is 3.52. The molecule has 35 heavy (non-hydrogen) atoms. The third-order valence-electron chi connectivity index (χ3n) is 5.78. The first-order valence-corrected chi connectivity index (χ1v) is 12.6. The summed E-state index contributed by atoms with van der Waals surface area (Å²) in [6, 6.07) is 13.8. The van der Waals surface area contributed by atoms with Crippen molar-refractivity contribution in [2.45, 2.75) is 53.1 Å². The van der Waals surface area contributed by atoms with E-state index in [4.69, 9.17) is 0 Å². The summed E-state index contributed by atoms with van der Waals surface area (Å²) in [5, 5.41) is 6.38. The molecule has 2 aromatic heterocycles. The first-order valence-electron chi connectivity index (χ1n) is 11.7. The molecule has 2 N–H and O–H groups in total. The summed E-state index contributed by atoms with van der Waals surface area (Å²) in [5.41, 5.74) is 11.2. The lowest BCUT2D eigenvalue weighted by Gasteiger charge is -2.15. The van der Waals surface area contributed by atoms with Gasteiger partial charge in [-0.25, -0.2) is 15.2 Å². The van der Waals surface area contributed by atoms with Gasteiger partial charge in [-0.1, -0.05) is 50.2 Å². The largest absolute Gasteiger partial charge is 0.357 e. The van der Waals surface area contributed by atoms with E-state index in [9.17, 15) is 4.79 Å². The van der Waals surface area contributed by atoms with Crippen LogP contribution in [0.5, 0.6) is 0 Å². The zero-order chi connectivity index (χ0) is 24.9. The van der Waals surface area contributed by atoms with Crippen LogP contribution in [0.15, 0.2) is 65.4 Å². The Morgan fingerprint density at radius 2 is 1.91 bits per heavy atom. The normalized spacial score (nSPS) is 12.8. The van der Waals surface area contributed by atoms with Crippen molar-refractivity contribution in [2.75, 3.05) is 0 Å². The summed E-state index contributed by atoms with van der Waals surface area (Å²) >= 11 is 1.43. The Labute approximate surface area is 209 Å². The number of rotatable bonds is 7. The van der Waals surface area contributed by atoms with E-state index in [2.05, 4.69) is 64.9 Å². The van der Waals surface area contributed by atoms with Crippen LogP contribution in [0.2, 0.25) is 0 Å². The van der Waals surface area contributed by atoms with Gasteiger partial charge in [0.05, 0.1) is 5.69 Å². The van der Waals surface area contributed by atoms with Gasteiger partial charge in [0.2, 0.25) is 0 Å². The molecule has 2 aromatic carbocycles. The number of nitrogens with zero attached hydrogens (tertiary/aromatic N) is 5. The Hall–Kier alpha value is -3.56. The number of carbonyl (C=O) groups excluding carboxylic acids is 1. The van der Waals surface area contributed by atoms with Crippen molar-refractivity contribution in [2.24, 2.45) is 4.99 Å². The van der Waals surface area contributed by atoms with Gasteiger partial charge in [0.15, 0.2) is 10.6 Å². The fraction of sp³-hybridized carbons (Fsp3) is 0.308. The standard InChI is InChI=1S/C26H31N7OS/c1-6-32-16-27-24(31-32)21-10-8-20(9-11-21)19(5)29-30-25(34)28-26-33(13-14-35-26)23-15-18(4)7-12-22(23)17(2)3/h7-17,19,29H,6H2,1-5H3,(H,30,34). The first-order chi connectivity index (χ1) is 16.9. The molecule has 0 radical (unpaired) electrons. The minimum atomic E-state index is -0.447. The minimum absolute atomic E-state index is 0.107. The van der Waals surface area contributed by atoms with Gasteiger partial charge in [-0.05, 0) is 49.4 Å². The molecule has 2 amide bonds. The third-order valence-corrected chi connectivity index (χ3v) is 6.54. The fourth-order valence-corrected chi connectivity index (χ4v) is 4.47. The summed E-state index contributed by atoms with van der Waals surface area (Å²) in [5.74, 6) is 1.05. The Morgan fingerprint density at radius 3 is 2.60 bits per heavy atom. The molecule has 0 aliphatic heterocycles. The van der Waals surface area contributed by atoms with Crippen LogP contribution in [0.1, 0.15) is 56.3 Å². The highest BCUT2D eigenvalue weighted by molar-refractivity contribution is 7.07. The van der Waals surface area contributed by atoms with Gasteiger partial charge in [0, 0.05) is 29.7 Å². The summed E-state index contributed by atoms with van der Waals surface area (Å²) in [7, 11) is 0. The number of hydrogen-bond acceptors (Lipinski definition) is 5. The van der Waals surface area contributed by atoms with Crippen molar-refractivity contribution in [3.63, 3.8) is 0 Å². The number of amides is 2. The second-order valence-corrected chi connectivity index (χ2v) is 9.60. The summed E-state index contributed by atoms with van der Waals surface area (Å²) in [6.45, 7) is 11.2. The van der Waals surface area contributed by atoms with Gasteiger partial charge in [-0.2, -0.15) is 10.1 Å². The maximum atomic E-state index is 12.6. The van der Waals surface area contributed by atoms with Crippen LogP contribution in [0.4, 0.5) is 4.79 Å². The van der Waals surface area contributed by atoms with Crippen LogP contribution < -0.4 is 15.7 Å². The number of nitrogens with one attached hydrogen (secondary N) is 2. The van der Waals surface area contributed by atoms with Crippen molar-refractivity contribution in [1.29, 1.82) is 0 Å². The van der Waals surface area contributed by atoms with E-state index in [1.165, 1.54) is 16.9 Å². The van der Waals surface area contributed by atoms with Gasteiger partial charge in [-0.3, -0.25) is 14.7 Å². The average molecular weight is 490 g/mol. The molecular formula is C26H31N7OS. The number of aromatic nitrogens is 4. The monoisotopic (exact) mass is 489 g/mol. The topological polar surface area (TPSA) is 89.1 Å². The van der Waals surface area contributed by atoms with Crippen molar-refractivity contribution in [1.82, 2.24) is 30.2 Å². The van der Waals surface area contributed by atoms with Gasteiger partial charge in [0.25, 0.3) is 0 Å². The summed E-state index contributed by atoms with van der Waals surface area (Å²) in [4.78, 5) is 21.9. The van der Waals surface area contributed by atoms with Crippen molar-refractivity contribution < 1.29 is 4.79 Å². The molecule has 0 fully saturated rings. The lowest BCUT2D eigenvalue weighted by atomic mass is 9.99. The van der Waals surface area contributed by atoms with Crippen molar-refractivity contribution >= 4 is 17.4 Å². The molecule has 2 heterocycles. The SMILES string of the molecule is CCn1cnc(-c2ccc(C(C)NNC(=O)N=c3sccn3-c3cc(C)ccc3C(C)C)cc2)n1. The lowest BCUT2D eigenvalue weighted by Crippen LogP contribution is -2.38. The van der Waals surface area contributed by atoms with E-state index in [1.807, 2.05) is 54.3 Å². The molecule has 182 valence electrons. The highest BCUT2D eigenvalue weighted by Crippen LogP contribution is 2.24. The molecule has 0 saturated carbocycles. The van der Waals surface area contributed by atoms with Gasteiger partial charge in [-0.15, -0.1) is 11.3 Å². The van der Waals surface area contributed by atoms with Gasteiger partial charge < -0.3 is 0 Å². The molecule has 4 aromatic rings. The molecule has 0 spiro atoms. The lowest BCUT2D eigenvalue weighted by molar-refractivity contribution is 0.242. The van der Waals surface area contributed by atoms with E-state index in [1.54, 1.807) is 11.0 Å². The van der Waals surface area contributed by atoms with Crippen LogP contribution in [-0.4, -0.2) is 25.4 Å². The van der Waals surface area contributed by atoms with Crippen LogP contribution in [0.3, 0.4) is 0 Å². The number of hydrogen-bond donors (Lipinski definition) is 2. The Kier molecular flexibility index (Phi) is 7.57. The number of hydrazine groups is 1. The van der Waals surface area contributed by atoms with Crippen LogP contribution >= 0.6 is 11.3 Å². The second-order valence-electron chi connectivity index (χ2n) is 8.73. The van der Waals surface area contributed by atoms with E-state index in [0.717, 1.165) is 28.9 Å². The van der Waals surface area contributed by atoms with Crippen LogP contribution in [0.25, 0.3) is 17.1 Å². The minimum Gasteiger partial charge on any atom is -0.292 e. The Morgan fingerprint density at radius 1 is 1.14 bits per heavy atom. The molecule has 9 heteroatoms. The number of carbonyl (C=O) groups is 1. The number of thiazole rings is 1. The molecular weight excluding hydrogens is 458 g/mol. The number of urea groups is 1. The molecule has 8 nitrogen and oxygen atoms in total. The first kappa shape index (κ1) is 24.6. The van der Waals surface area contributed by atoms with Crippen LogP contribution in [0, 0.1) is 6.92 Å². The number of aryl methyl sites for hydroxylation is 2. The molecule has 0 saturated heterocycles. The second kappa shape index (κ2) is 10.8. The predicted molar refractivity (Wildman–Crippen MR) is 139 cm³/mol. The summed E-state index contributed by atoms with van der Waals surface area (Å²) in [6.07, 6.45) is 3.68. The summed E-state index contributed by atoms with van der Waals surface area (Å²) < 4.78 is 3.77. The zero-order valence-corrected chi connectivity index (χ0v) is 21.5. The van der Waals surface area contributed by atoms with Gasteiger partial charge in [0.1, 0.15) is 6.33 Å². The molecule has 0 bridgehead atoms. The van der Waals surface area contributed by atoms with E-state index in [0.29, 0.717) is 16.5 Å². The highest BCUT2D eigenvalue weighted by atomic mass is 32.1. The highest BCUT2D eigenvalue weighted by Gasteiger charge is 2.12. The van der Waals surface area contributed by atoms with E-state index >= 15 is 0 Å². The van der Waals surface area contributed by atoms with E-state index in [-0.39, 0.29) is 6.04 Å². The number of benzene rings is 2.